The molecule has 0 aliphatic heterocycles. The van der Waals surface area contributed by atoms with Crippen molar-refractivity contribution in [3.05, 3.63) is 0 Å². The molecule has 0 bridgehead atoms. The highest BCUT2D eigenvalue weighted by atomic mass is 16.2. The molecule has 0 aromatic carbocycles. The van der Waals surface area contributed by atoms with E-state index >= 15 is 0 Å². The molecule has 2 heteroatoms. The molecule has 0 aliphatic carbocycles. The zero-order chi connectivity index (χ0) is 6.83. The molecule has 0 atom stereocenters. The molecular weight excluding hydrogens is 102 g/mol. The normalized spacial score (nSPS) is 6.88. The van der Waals surface area contributed by atoms with Crippen LogP contribution in [0.1, 0.15) is 19.8 Å². The van der Waals surface area contributed by atoms with Crippen LogP contribution in [0, 0.1) is 0 Å². The summed E-state index contributed by atoms with van der Waals surface area (Å²) in [6.45, 7) is 6.42. The highest BCUT2D eigenvalue weighted by molar-refractivity contribution is 5.22. The lowest BCUT2D eigenvalue weighted by atomic mass is 10.3. The summed E-state index contributed by atoms with van der Waals surface area (Å²) in [5.41, 5.74) is 0. The van der Waals surface area contributed by atoms with Crippen LogP contribution in [0.2, 0.25) is 0 Å². The SMILES string of the molecule is C=NCCCC.CO. The van der Waals surface area contributed by atoms with Crippen molar-refractivity contribution in [3.8, 4) is 0 Å². The fourth-order valence-corrected chi connectivity index (χ4v) is 0.270. The van der Waals surface area contributed by atoms with Gasteiger partial charge in [0.15, 0.2) is 0 Å². The van der Waals surface area contributed by atoms with E-state index in [0.717, 1.165) is 13.7 Å². The number of rotatable bonds is 3. The summed E-state index contributed by atoms with van der Waals surface area (Å²) in [5.74, 6) is 0. The largest absolute Gasteiger partial charge is 0.400 e. The molecule has 0 spiro atoms. The average Bonchev–Trinajstić information content (AvgIpc) is 1.88. The number of unbranched alkanes of at least 4 members (excludes halogenated alkanes) is 1. The van der Waals surface area contributed by atoms with Crippen LogP contribution in [-0.2, 0) is 0 Å². The van der Waals surface area contributed by atoms with E-state index in [1.807, 2.05) is 0 Å². The molecule has 0 rings (SSSR count). The third-order valence-electron chi connectivity index (χ3n) is 0.670. The van der Waals surface area contributed by atoms with Crippen LogP contribution in [0.3, 0.4) is 0 Å². The fourth-order valence-electron chi connectivity index (χ4n) is 0.270. The van der Waals surface area contributed by atoms with Gasteiger partial charge in [-0.05, 0) is 13.1 Å². The average molecular weight is 117 g/mol. The molecule has 0 fully saturated rings. The van der Waals surface area contributed by atoms with E-state index < -0.39 is 0 Å². The predicted molar refractivity (Wildman–Crippen MR) is 37.5 cm³/mol. The van der Waals surface area contributed by atoms with E-state index in [-0.39, 0.29) is 0 Å². The summed E-state index contributed by atoms with van der Waals surface area (Å²) >= 11 is 0. The maximum Gasteiger partial charge on any atom is 0.0382 e. The standard InChI is InChI=1S/C5H11N.CH4O/c1-3-4-5-6-2;1-2/h2-5H2,1H3;2H,1H3. The first-order valence-corrected chi connectivity index (χ1v) is 2.79. The van der Waals surface area contributed by atoms with Crippen LogP contribution in [0.4, 0.5) is 0 Å². The van der Waals surface area contributed by atoms with Crippen LogP contribution < -0.4 is 0 Å². The Bertz CT molecular complexity index is 37.5. The van der Waals surface area contributed by atoms with Crippen molar-refractivity contribution in [2.75, 3.05) is 13.7 Å². The van der Waals surface area contributed by atoms with Gasteiger partial charge in [0.05, 0.1) is 0 Å². The Hall–Kier alpha value is -0.370. The predicted octanol–water partition coefficient (Wildman–Crippen LogP) is 1.10. The molecule has 0 aliphatic rings. The van der Waals surface area contributed by atoms with Gasteiger partial charge in [-0.25, -0.2) is 0 Å². The Balaban J connectivity index is 0. The minimum absolute atomic E-state index is 0.927. The molecule has 0 saturated carbocycles. The summed E-state index contributed by atoms with van der Waals surface area (Å²) in [4.78, 5) is 3.68. The second-order valence-corrected chi connectivity index (χ2v) is 1.30. The third-order valence-corrected chi connectivity index (χ3v) is 0.670. The van der Waals surface area contributed by atoms with Crippen LogP contribution >= 0.6 is 0 Å². The van der Waals surface area contributed by atoms with Crippen molar-refractivity contribution >= 4 is 6.72 Å². The maximum absolute atomic E-state index is 7.00. The summed E-state index contributed by atoms with van der Waals surface area (Å²) in [6.07, 6.45) is 2.41. The first-order valence-electron chi connectivity index (χ1n) is 2.79. The highest BCUT2D eigenvalue weighted by Crippen LogP contribution is 1.83. The second kappa shape index (κ2) is 15.9. The Labute approximate surface area is 51.3 Å². The van der Waals surface area contributed by atoms with Gasteiger partial charge in [-0.2, -0.15) is 0 Å². The van der Waals surface area contributed by atoms with Gasteiger partial charge in [0.25, 0.3) is 0 Å². The van der Waals surface area contributed by atoms with E-state index in [0.29, 0.717) is 0 Å². The van der Waals surface area contributed by atoms with Gasteiger partial charge in [-0.1, -0.05) is 13.3 Å². The van der Waals surface area contributed by atoms with Gasteiger partial charge in [0.2, 0.25) is 0 Å². The number of aliphatic hydroxyl groups is 1. The first-order chi connectivity index (χ1) is 3.91. The van der Waals surface area contributed by atoms with E-state index in [1.54, 1.807) is 0 Å². The lowest BCUT2D eigenvalue weighted by Gasteiger charge is -1.82. The zero-order valence-corrected chi connectivity index (χ0v) is 5.72. The number of hydrogen-bond acceptors (Lipinski definition) is 2. The fraction of sp³-hybridized carbons (Fsp3) is 0.833. The lowest BCUT2D eigenvalue weighted by molar-refractivity contribution is 0.399. The number of aliphatic imine (C=N–C) groups is 1. The summed E-state index contributed by atoms with van der Waals surface area (Å²) in [6, 6.07) is 0. The van der Waals surface area contributed by atoms with E-state index in [1.165, 1.54) is 12.8 Å². The Kier molecular flexibility index (Phi) is 21.1. The number of hydrogen-bond donors (Lipinski definition) is 1. The zero-order valence-electron chi connectivity index (χ0n) is 5.72. The van der Waals surface area contributed by atoms with E-state index in [9.17, 15) is 0 Å². The van der Waals surface area contributed by atoms with Gasteiger partial charge in [0.1, 0.15) is 0 Å². The number of aliphatic hydroxyl groups excluding tert-OH is 1. The van der Waals surface area contributed by atoms with E-state index in [2.05, 4.69) is 18.6 Å². The van der Waals surface area contributed by atoms with Crippen LogP contribution in [-0.4, -0.2) is 25.5 Å². The minimum Gasteiger partial charge on any atom is -0.400 e. The van der Waals surface area contributed by atoms with Gasteiger partial charge in [-0.3, -0.25) is 0 Å². The Morgan fingerprint density at radius 3 is 2.12 bits per heavy atom. The molecule has 50 valence electrons. The molecule has 1 N–H and O–H groups in total. The Morgan fingerprint density at radius 1 is 1.50 bits per heavy atom. The molecule has 8 heavy (non-hydrogen) atoms. The van der Waals surface area contributed by atoms with Crippen LogP contribution in [0.25, 0.3) is 0 Å². The van der Waals surface area contributed by atoms with Crippen LogP contribution in [0.5, 0.6) is 0 Å². The topological polar surface area (TPSA) is 32.6 Å². The molecule has 0 radical (unpaired) electrons. The van der Waals surface area contributed by atoms with Crippen LogP contribution in [0.15, 0.2) is 4.99 Å². The molecule has 0 unspecified atom stereocenters. The van der Waals surface area contributed by atoms with Crippen molar-refractivity contribution in [1.29, 1.82) is 0 Å². The van der Waals surface area contributed by atoms with Crippen molar-refractivity contribution < 1.29 is 5.11 Å². The van der Waals surface area contributed by atoms with Gasteiger partial charge < -0.3 is 10.1 Å². The minimum atomic E-state index is 0.927. The maximum atomic E-state index is 7.00. The summed E-state index contributed by atoms with van der Waals surface area (Å²) in [5, 5.41) is 7.00. The summed E-state index contributed by atoms with van der Waals surface area (Å²) < 4.78 is 0. The van der Waals surface area contributed by atoms with Gasteiger partial charge in [0, 0.05) is 13.7 Å². The smallest absolute Gasteiger partial charge is 0.0382 e. The lowest BCUT2D eigenvalue weighted by Crippen LogP contribution is -1.73. The van der Waals surface area contributed by atoms with Crippen molar-refractivity contribution in [2.24, 2.45) is 4.99 Å². The van der Waals surface area contributed by atoms with Gasteiger partial charge in [-0.15, -0.1) is 0 Å². The first kappa shape index (κ1) is 10.6. The second-order valence-electron chi connectivity index (χ2n) is 1.30. The number of nitrogens with zero attached hydrogens (tertiary/aromatic N) is 1. The van der Waals surface area contributed by atoms with Crippen molar-refractivity contribution in [3.63, 3.8) is 0 Å². The third kappa shape index (κ3) is 17.4. The molecule has 0 aromatic rings. The van der Waals surface area contributed by atoms with Crippen molar-refractivity contribution in [2.45, 2.75) is 19.8 Å². The van der Waals surface area contributed by atoms with Gasteiger partial charge >= 0.3 is 0 Å². The quantitative estimate of drug-likeness (QED) is 0.435. The Morgan fingerprint density at radius 2 is 2.00 bits per heavy atom. The molecule has 2 nitrogen and oxygen atoms in total. The molecule has 0 saturated heterocycles. The molecule has 0 heterocycles. The van der Waals surface area contributed by atoms with Crippen molar-refractivity contribution in [1.82, 2.24) is 0 Å². The highest BCUT2D eigenvalue weighted by Gasteiger charge is 1.71. The monoisotopic (exact) mass is 117 g/mol. The molecule has 0 aromatic heterocycles. The molecular formula is C6H15NO. The summed E-state index contributed by atoms with van der Waals surface area (Å²) in [7, 11) is 1.00. The molecule has 0 amide bonds. The van der Waals surface area contributed by atoms with E-state index in [4.69, 9.17) is 5.11 Å².